The van der Waals surface area contributed by atoms with Crippen molar-refractivity contribution in [3.63, 3.8) is 0 Å². The smallest absolute Gasteiger partial charge is 0.282 e. The van der Waals surface area contributed by atoms with Crippen LogP contribution in [0.4, 0.5) is 5.69 Å². The molecule has 10 heteroatoms. The van der Waals surface area contributed by atoms with Crippen LogP contribution in [-0.2, 0) is 17.6 Å². The number of thioether (sulfide) groups is 1. The summed E-state index contributed by atoms with van der Waals surface area (Å²) in [6.45, 7) is 3.93. The van der Waals surface area contributed by atoms with Gasteiger partial charge in [-0.25, -0.2) is 4.98 Å². The summed E-state index contributed by atoms with van der Waals surface area (Å²) in [5.41, 5.74) is 4.72. The van der Waals surface area contributed by atoms with Gasteiger partial charge in [-0.3, -0.25) is 19.8 Å². The summed E-state index contributed by atoms with van der Waals surface area (Å²) in [6, 6.07) is 16.4. The summed E-state index contributed by atoms with van der Waals surface area (Å²) in [7, 11) is 0. The number of nitrogens with zero attached hydrogens (tertiary/aromatic N) is 3. The summed E-state index contributed by atoms with van der Waals surface area (Å²) in [6.07, 6.45) is 3.88. The average Bonchev–Trinajstić information content (AvgIpc) is 3.28. The fourth-order valence-electron chi connectivity index (χ4n) is 4.66. The molecule has 38 heavy (non-hydrogen) atoms. The Kier molecular flexibility index (Phi) is 8.01. The Labute approximate surface area is 237 Å². The minimum atomic E-state index is -0.425. The molecule has 0 aliphatic heterocycles. The molecular formula is C28H27BrN4O3S2. The first kappa shape index (κ1) is 26.6. The molecule has 5 rings (SSSR count). The lowest BCUT2D eigenvalue weighted by Crippen LogP contribution is -2.39. The van der Waals surface area contributed by atoms with Crippen molar-refractivity contribution < 1.29 is 9.59 Å². The highest BCUT2D eigenvalue weighted by Crippen LogP contribution is 2.34. The second kappa shape index (κ2) is 11.4. The van der Waals surface area contributed by atoms with E-state index in [-0.39, 0.29) is 28.4 Å². The van der Waals surface area contributed by atoms with Crippen molar-refractivity contribution in [3.05, 3.63) is 85.4 Å². The first-order chi connectivity index (χ1) is 18.3. The van der Waals surface area contributed by atoms with Gasteiger partial charge in [-0.05, 0) is 81.5 Å². The van der Waals surface area contributed by atoms with Crippen LogP contribution in [0, 0.1) is 0 Å². The molecule has 1 N–H and O–H groups in total. The van der Waals surface area contributed by atoms with Crippen molar-refractivity contribution in [2.45, 2.75) is 50.7 Å². The van der Waals surface area contributed by atoms with Gasteiger partial charge in [0.2, 0.25) is 5.91 Å². The van der Waals surface area contributed by atoms with Gasteiger partial charge < -0.3 is 4.90 Å². The lowest BCUT2D eigenvalue weighted by Gasteiger charge is -2.27. The first-order valence-corrected chi connectivity index (χ1v) is 15.1. The fraction of sp³-hybridized carbons (Fsp3) is 0.286. The number of hydrogen-bond acceptors (Lipinski definition) is 6. The summed E-state index contributed by atoms with van der Waals surface area (Å²) in [5, 5.41) is 0.862. The molecular weight excluding hydrogens is 584 g/mol. The lowest BCUT2D eigenvalue weighted by atomic mass is 9.97. The number of anilines is 1. The van der Waals surface area contributed by atoms with Gasteiger partial charge >= 0.3 is 0 Å². The monoisotopic (exact) mass is 610 g/mol. The third kappa shape index (κ3) is 5.43. The second-order valence-corrected chi connectivity index (χ2v) is 12.3. The third-order valence-corrected chi connectivity index (χ3v) is 9.06. The van der Waals surface area contributed by atoms with E-state index < -0.39 is 5.91 Å². The molecule has 2 aromatic carbocycles. The fourth-order valence-corrected chi connectivity index (χ4v) is 7.04. The molecule has 0 unspecified atom stereocenters. The molecule has 1 aliphatic rings. The highest BCUT2D eigenvalue weighted by atomic mass is 79.9. The van der Waals surface area contributed by atoms with Crippen molar-refractivity contribution in [1.29, 1.82) is 0 Å². The van der Waals surface area contributed by atoms with Crippen molar-refractivity contribution in [2.24, 2.45) is 0 Å². The number of carbonyl (C=O) groups is 2. The molecule has 4 aromatic rings. The molecule has 2 heterocycles. The Morgan fingerprint density at radius 3 is 2.53 bits per heavy atom. The van der Waals surface area contributed by atoms with E-state index in [9.17, 15) is 14.4 Å². The van der Waals surface area contributed by atoms with E-state index in [1.165, 1.54) is 9.55 Å². The van der Waals surface area contributed by atoms with E-state index in [2.05, 4.69) is 21.4 Å². The Morgan fingerprint density at radius 1 is 1.11 bits per heavy atom. The van der Waals surface area contributed by atoms with E-state index in [0.29, 0.717) is 15.8 Å². The number of benzene rings is 2. The maximum absolute atomic E-state index is 13.8. The minimum Gasteiger partial charge on any atom is -0.309 e. The zero-order valence-corrected chi connectivity index (χ0v) is 24.3. The maximum atomic E-state index is 13.8. The summed E-state index contributed by atoms with van der Waals surface area (Å²) < 4.78 is 2.07. The molecule has 0 fully saturated rings. The standard InChI is InChI=1S/C28H27BrN4O3S2/c1-17(2)32(20-8-4-3-5-9-20)23(34)16-37-28-30-26-24(21-10-6-7-11-22(21)38-26)27(36)33(28)31-25(35)18-12-14-19(29)15-13-18/h3-5,8-9,12-15,17H,6-7,10-11,16H2,1-2H3,(H,31,35). The molecule has 0 atom stereocenters. The molecule has 0 saturated heterocycles. The SMILES string of the molecule is CC(C)N(C(=O)CSc1nc2sc3c(c2c(=O)n1NC(=O)c1ccc(Br)cc1)CCCC3)c1ccccc1. The van der Waals surface area contributed by atoms with E-state index in [4.69, 9.17) is 4.98 Å². The lowest BCUT2D eigenvalue weighted by molar-refractivity contribution is -0.116. The summed E-state index contributed by atoms with van der Waals surface area (Å²) >= 11 is 6.08. The van der Waals surface area contributed by atoms with Crippen LogP contribution in [0.15, 0.2) is 69.0 Å². The Morgan fingerprint density at radius 2 is 1.82 bits per heavy atom. The molecule has 2 amide bonds. The van der Waals surface area contributed by atoms with Crippen molar-refractivity contribution in [3.8, 4) is 0 Å². The number of thiophene rings is 1. The van der Waals surface area contributed by atoms with E-state index in [1.807, 2.05) is 44.2 Å². The highest BCUT2D eigenvalue weighted by molar-refractivity contribution is 9.10. The largest absolute Gasteiger partial charge is 0.309 e. The van der Waals surface area contributed by atoms with Gasteiger partial charge in [-0.15, -0.1) is 11.3 Å². The predicted molar refractivity (Wildman–Crippen MR) is 158 cm³/mol. The van der Waals surface area contributed by atoms with E-state index in [0.717, 1.165) is 53.2 Å². The number of fused-ring (bicyclic) bond motifs is 3. The molecule has 0 radical (unpaired) electrons. The van der Waals surface area contributed by atoms with Crippen LogP contribution in [0.25, 0.3) is 10.2 Å². The molecule has 0 bridgehead atoms. The normalized spacial score (nSPS) is 12.9. The Balaban J connectivity index is 1.51. The zero-order valence-electron chi connectivity index (χ0n) is 21.1. The molecule has 7 nitrogen and oxygen atoms in total. The molecule has 2 aromatic heterocycles. The summed E-state index contributed by atoms with van der Waals surface area (Å²) in [4.78, 5) is 48.7. The molecule has 196 valence electrons. The van der Waals surface area contributed by atoms with Gasteiger partial charge in [-0.2, -0.15) is 4.68 Å². The van der Waals surface area contributed by atoms with Crippen LogP contribution >= 0.6 is 39.0 Å². The van der Waals surface area contributed by atoms with Gasteiger partial charge in [0, 0.05) is 26.6 Å². The number of hydrogen-bond donors (Lipinski definition) is 1. The van der Waals surface area contributed by atoms with Crippen molar-refractivity contribution in [1.82, 2.24) is 9.66 Å². The molecule has 0 spiro atoms. The Bertz CT molecular complexity index is 1550. The van der Waals surface area contributed by atoms with Gasteiger partial charge in [0.05, 0.1) is 11.1 Å². The van der Waals surface area contributed by atoms with Crippen molar-refractivity contribution >= 4 is 66.7 Å². The van der Waals surface area contributed by atoms with Gasteiger partial charge in [0.15, 0.2) is 5.16 Å². The molecule has 1 aliphatic carbocycles. The Hall–Kier alpha value is -2.95. The number of carbonyl (C=O) groups excluding carboxylic acids is 2. The van der Waals surface area contributed by atoms with Crippen LogP contribution in [0.2, 0.25) is 0 Å². The number of aromatic nitrogens is 2. The van der Waals surface area contributed by atoms with Gasteiger partial charge in [-0.1, -0.05) is 45.9 Å². The highest BCUT2D eigenvalue weighted by Gasteiger charge is 2.25. The van der Waals surface area contributed by atoms with E-state index in [1.54, 1.807) is 40.5 Å². The number of nitrogens with one attached hydrogen (secondary N) is 1. The van der Waals surface area contributed by atoms with Gasteiger partial charge in [0.1, 0.15) is 4.83 Å². The third-order valence-electron chi connectivity index (χ3n) is 6.42. The number of para-hydroxylation sites is 1. The van der Waals surface area contributed by atoms with Crippen LogP contribution in [0.5, 0.6) is 0 Å². The van der Waals surface area contributed by atoms with Crippen LogP contribution in [-0.4, -0.2) is 33.3 Å². The average molecular weight is 612 g/mol. The quantitative estimate of drug-likeness (QED) is 0.204. The second-order valence-electron chi connectivity index (χ2n) is 9.36. The van der Waals surface area contributed by atoms with E-state index >= 15 is 0 Å². The number of halogens is 1. The van der Waals surface area contributed by atoms with Crippen LogP contribution < -0.4 is 15.9 Å². The number of rotatable bonds is 7. The first-order valence-electron chi connectivity index (χ1n) is 12.5. The predicted octanol–water partition coefficient (Wildman–Crippen LogP) is 6.02. The topological polar surface area (TPSA) is 84.3 Å². The summed E-state index contributed by atoms with van der Waals surface area (Å²) in [5.74, 6) is -0.475. The maximum Gasteiger partial charge on any atom is 0.282 e. The van der Waals surface area contributed by atoms with Crippen LogP contribution in [0.3, 0.4) is 0 Å². The number of aryl methyl sites for hydroxylation is 2. The number of amides is 2. The van der Waals surface area contributed by atoms with Crippen LogP contribution in [0.1, 0.15) is 47.5 Å². The minimum absolute atomic E-state index is 0.0516. The van der Waals surface area contributed by atoms with Crippen molar-refractivity contribution in [2.75, 3.05) is 16.1 Å². The zero-order chi connectivity index (χ0) is 26.8. The molecule has 0 saturated carbocycles. The van der Waals surface area contributed by atoms with Gasteiger partial charge in [0.25, 0.3) is 11.5 Å².